The molecule has 140 valence electrons. The SMILES string of the molecule is CN(C)CCNC(=S)NCCNc1ccc(C(F)(F)F)cc1[N+](=O)[O-]. The Morgan fingerprint density at radius 1 is 1.24 bits per heavy atom. The van der Waals surface area contributed by atoms with Crippen LogP contribution in [0.5, 0.6) is 0 Å². The fourth-order valence-electron chi connectivity index (χ4n) is 1.84. The summed E-state index contributed by atoms with van der Waals surface area (Å²) in [7, 11) is 3.86. The van der Waals surface area contributed by atoms with E-state index in [1.54, 1.807) is 0 Å². The fourth-order valence-corrected chi connectivity index (χ4v) is 2.04. The first-order valence-corrected chi connectivity index (χ1v) is 7.78. The highest BCUT2D eigenvalue weighted by atomic mass is 32.1. The van der Waals surface area contributed by atoms with Gasteiger partial charge in [-0.3, -0.25) is 10.1 Å². The van der Waals surface area contributed by atoms with Crippen LogP contribution in [0.25, 0.3) is 0 Å². The number of likely N-dealkylation sites (N-methyl/N-ethyl adjacent to an activating group) is 1. The molecule has 11 heteroatoms. The Morgan fingerprint density at radius 3 is 2.44 bits per heavy atom. The van der Waals surface area contributed by atoms with E-state index in [4.69, 9.17) is 12.2 Å². The topological polar surface area (TPSA) is 82.5 Å². The highest BCUT2D eigenvalue weighted by Gasteiger charge is 2.32. The van der Waals surface area contributed by atoms with Crippen molar-refractivity contribution in [2.24, 2.45) is 0 Å². The van der Waals surface area contributed by atoms with E-state index < -0.39 is 22.4 Å². The molecule has 3 N–H and O–H groups in total. The van der Waals surface area contributed by atoms with Crippen molar-refractivity contribution in [3.05, 3.63) is 33.9 Å². The number of alkyl halides is 3. The second kappa shape index (κ2) is 9.37. The van der Waals surface area contributed by atoms with Crippen LogP contribution in [0.1, 0.15) is 5.56 Å². The lowest BCUT2D eigenvalue weighted by atomic mass is 10.1. The van der Waals surface area contributed by atoms with Crippen molar-refractivity contribution in [2.45, 2.75) is 6.18 Å². The first kappa shape index (κ1) is 20.9. The minimum absolute atomic E-state index is 0.0197. The summed E-state index contributed by atoms with van der Waals surface area (Å²) in [5.41, 5.74) is -1.66. The van der Waals surface area contributed by atoms with Crippen molar-refractivity contribution < 1.29 is 18.1 Å². The van der Waals surface area contributed by atoms with Gasteiger partial charge in [-0.05, 0) is 38.4 Å². The van der Waals surface area contributed by atoms with Gasteiger partial charge in [-0.2, -0.15) is 13.2 Å². The van der Waals surface area contributed by atoms with Gasteiger partial charge in [0.2, 0.25) is 0 Å². The van der Waals surface area contributed by atoms with Crippen LogP contribution in [0.4, 0.5) is 24.5 Å². The molecule has 0 amide bonds. The maximum atomic E-state index is 12.6. The molecule has 0 atom stereocenters. The van der Waals surface area contributed by atoms with Crippen molar-refractivity contribution >= 4 is 28.7 Å². The number of nitro benzene ring substituents is 1. The summed E-state index contributed by atoms with van der Waals surface area (Å²) < 4.78 is 37.9. The number of halogens is 3. The van der Waals surface area contributed by atoms with E-state index in [1.807, 2.05) is 19.0 Å². The van der Waals surface area contributed by atoms with Gasteiger partial charge in [-0.25, -0.2) is 0 Å². The highest BCUT2D eigenvalue weighted by Crippen LogP contribution is 2.34. The number of nitrogens with zero attached hydrogens (tertiary/aromatic N) is 2. The lowest BCUT2D eigenvalue weighted by Crippen LogP contribution is -2.40. The van der Waals surface area contributed by atoms with Gasteiger partial charge >= 0.3 is 6.18 Å². The third-order valence-corrected chi connectivity index (χ3v) is 3.38. The maximum Gasteiger partial charge on any atom is 0.416 e. The molecule has 0 fully saturated rings. The zero-order valence-corrected chi connectivity index (χ0v) is 14.6. The molecule has 7 nitrogen and oxygen atoms in total. The smallest absolute Gasteiger partial charge is 0.378 e. The van der Waals surface area contributed by atoms with Crippen molar-refractivity contribution in [1.29, 1.82) is 0 Å². The first-order valence-electron chi connectivity index (χ1n) is 7.37. The normalized spacial score (nSPS) is 11.3. The second-order valence-corrected chi connectivity index (χ2v) is 5.81. The molecule has 0 aromatic heterocycles. The van der Waals surface area contributed by atoms with Gasteiger partial charge in [0.1, 0.15) is 5.69 Å². The van der Waals surface area contributed by atoms with Gasteiger partial charge in [0, 0.05) is 32.2 Å². The molecule has 0 bridgehead atoms. The maximum absolute atomic E-state index is 12.6. The van der Waals surface area contributed by atoms with E-state index in [2.05, 4.69) is 16.0 Å². The number of nitro groups is 1. The number of benzene rings is 1. The predicted molar refractivity (Wildman–Crippen MR) is 93.7 cm³/mol. The Morgan fingerprint density at radius 2 is 1.88 bits per heavy atom. The number of rotatable bonds is 8. The van der Waals surface area contributed by atoms with Gasteiger partial charge in [0.25, 0.3) is 5.69 Å². The highest BCUT2D eigenvalue weighted by molar-refractivity contribution is 7.80. The average Bonchev–Trinajstić information content (AvgIpc) is 2.50. The molecule has 25 heavy (non-hydrogen) atoms. The van der Waals surface area contributed by atoms with Crippen molar-refractivity contribution in [2.75, 3.05) is 45.6 Å². The summed E-state index contributed by atoms with van der Waals surface area (Å²) >= 11 is 5.06. The molecule has 0 aliphatic carbocycles. The standard InChI is InChI=1S/C14H20F3N5O2S/c1-21(2)8-7-20-13(25)19-6-5-18-11-4-3-10(14(15,16)17)9-12(11)22(23)24/h3-4,9,18H,5-8H2,1-2H3,(H2,19,20,25). The minimum Gasteiger partial charge on any atom is -0.378 e. The van der Waals surface area contributed by atoms with E-state index in [1.165, 1.54) is 0 Å². The molecule has 1 aromatic rings. The molecule has 0 heterocycles. The predicted octanol–water partition coefficient (Wildman–Crippen LogP) is 2.05. The van der Waals surface area contributed by atoms with Crippen LogP contribution in [0, 0.1) is 10.1 Å². The molecular weight excluding hydrogens is 359 g/mol. The van der Waals surface area contributed by atoms with Crippen molar-refractivity contribution in [3.8, 4) is 0 Å². The lowest BCUT2D eigenvalue weighted by molar-refractivity contribution is -0.384. The van der Waals surface area contributed by atoms with Crippen molar-refractivity contribution in [3.63, 3.8) is 0 Å². The molecule has 0 unspecified atom stereocenters. The molecule has 1 rings (SSSR count). The summed E-state index contributed by atoms with van der Waals surface area (Å²) in [6, 6.07) is 2.37. The van der Waals surface area contributed by atoms with E-state index in [-0.39, 0.29) is 12.2 Å². The van der Waals surface area contributed by atoms with E-state index in [9.17, 15) is 23.3 Å². The molecule has 0 spiro atoms. The van der Waals surface area contributed by atoms with Gasteiger partial charge in [0.05, 0.1) is 10.5 Å². The average molecular weight is 379 g/mol. The van der Waals surface area contributed by atoms with E-state index in [0.717, 1.165) is 18.7 Å². The number of anilines is 1. The van der Waals surface area contributed by atoms with Crippen LogP contribution in [-0.2, 0) is 6.18 Å². The third-order valence-electron chi connectivity index (χ3n) is 3.09. The zero-order chi connectivity index (χ0) is 19.0. The Balaban J connectivity index is 2.52. The summed E-state index contributed by atoms with van der Waals surface area (Å²) in [5, 5.41) is 20.0. The molecule has 0 saturated carbocycles. The van der Waals surface area contributed by atoms with Crippen LogP contribution in [0.15, 0.2) is 18.2 Å². The summed E-state index contributed by atoms with van der Waals surface area (Å²) in [6.45, 7) is 2.07. The quantitative estimate of drug-likeness (QED) is 0.276. The molecular formula is C14H20F3N5O2S. The summed E-state index contributed by atoms with van der Waals surface area (Å²) in [5.74, 6) is 0. The van der Waals surface area contributed by atoms with E-state index >= 15 is 0 Å². The molecule has 0 radical (unpaired) electrons. The minimum atomic E-state index is -4.63. The van der Waals surface area contributed by atoms with Gasteiger partial charge in [-0.1, -0.05) is 0 Å². The summed E-state index contributed by atoms with van der Waals surface area (Å²) in [4.78, 5) is 12.1. The van der Waals surface area contributed by atoms with Crippen LogP contribution >= 0.6 is 12.2 Å². The third kappa shape index (κ3) is 7.52. The molecule has 0 aliphatic rings. The Hall–Kier alpha value is -2.14. The van der Waals surface area contributed by atoms with Gasteiger partial charge in [-0.15, -0.1) is 0 Å². The molecule has 0 saturated heterocycles. The number of hydrogen-bond acceptors (Lipinski definition) is 5. The summed E-state index contributed by atoms with van der Waals surface area (Å²) in [6.07, 6.45) is -4.63. The first-order chi connectivity index (χ1) is 11.6. The number of thiocarbonyl (C=S) groups is 1. The van der Waals surface area contributed by atoms with E-state index in [0.29, 0.717) is 24.3 Å². The van der Waals surface area contributed by atoms with Crippen LogP contribution in [0.3, 0.4) is 0 Å². The Kier molecular flexibility index (Phi) is 7.84. The second-order valence-electron chi connectivity index (χ2n) is 5.40. The lowest BCUT2D eigenvalue weighted by Gasteiger charge is -2.14. The molecule has 1 aromatic carbocycles. The largest absolute Gasteiger partial charge is 0.416 e. The fraction of sp³-hybridized carbons (Fsp3) is 0.500. The zero-order valence-electron chi connectivity index (χ0n) is 13.8. The van der Waals surface area contributed by atoms with Crippen molar-refractivity contribution in [1.82, 2.24) is 15.5 Å². The van der Waals surface area contributed by atoms with Gasteiger partial charge in [0.15, 0.2) is 5.11 Å². The Labute approximate surface area is 148 Å². The Bertz CT molecular complexity index is 611. The number of nitrogens with one attached hydrogen (secondary N) is 3. The van der Waals surface area contributed by atoms with Crippen LogP contribution in [0.2, 0.25) is 0 Å². The molecule has 0 aliphatic heterocycles. The van der Waals surface area contributed by atoms with Crippen LogP contribution in [-0.4, -0.2) is 55.2 Å². The van der Waals surface area contributed by atoms with Gasteiger partial charge < -0.3 is 20.9 Å². The van der Waals surface area contributed by atoms with Crippen LogP contribution < -0.4 is 16.0 Å². The monoisotopic (exact) mass is 379 g/mol. The number of hydrogen-bond donors (Lipinski definition) is 3.